The second-order valence-corrected chi connectivity index (χ2v) is 6.58. The van der Waals surface area contributed by atoms with Crippen LogP contribution < -0.4 is 10.6 Å². The number of thiocarbonyl (C=S) groups is 1. The molecule has 1 heterocycles. The van der Waals surface area contributed by atoms with Gasteiger partial charge in [0.25, 0.3) is 0 Å². The van der Waals surface area contributed by atoms with Crippen LogP contribution in [0.1, 0.15) is 25.7 Å². The first kappa shape index (κ1) is 16.6. The third kappa shape index (κ3) is 5.88. The van der Waals surface area contributed by atoms with Crippen LogP contribution >= 0.6 is 28.1 Å². The molecule has 0 bridgehead atoms. The van der Waals surface area contributed by atoms with Crippen LogP contribution in [0.4, 0.5) is 10.1 Å². The van der Waals surface area contributed by atoms with E-state index in [1.54, 1.807) is 12.1 Å². The molecule has 0 atom stereocenters. The van der Waals surface area contributed by atoms with E-state index in [4.69, 9.17) is 12.2 Å². The van der Waals surface area contributed by atoms with Crippen molar-refractivity contribution in [1.29, 1.82) is 0 Å². The molecule has 1 aromatic rings. The fraction of sp³-hybridized carbons (Fsp3) is 0.533. The summed E-state index contributed by atoms with van der Waals surface area (Å²) in [5.41, 5.74) is 0.395. The number of likely N-dealkylation sites (tertiary alicyclic amines) is 1. The molecule has 2 rings (SSSR count). The molecule has 1 aliphatic heterocycles. The first-order valence-electron chi connectivity index (χ1n) is 7.37. The van der Waals surface area contributed by atoms with Gasteiger partial charge < -0.3 is 15.5 Å². The molecule has 21 heavy (non-hydrogen) atoms. The van der Waals surface area contributed by atoms with Crippen molar-refractivity contribution in [3.63, 3.8) is 0 Å². The summed E-state index contributed by atoms with van der Waals surface area (Å²) in [6, 6.07) is 4.87. The Bertz CT molecular complexity index is 478. The average Bonchev–Trinajstić information content (AvgIpc) is 2.48. The van der Waals surface area contributed by atoms with E-state index in [0.717, 1.165) is 19.5 Å². The number of benzene rings is 1. The molecule has 116 valence electrons. The summed E-state index contributed by atoms with van der Waals surface area (Å²) < 4.78 is 14.4. The molecule has 2 N–H and O–H groups in total. The van der Waals surface area contributed by atoms with Gasteiger partial charge in [0.2, 0.25) is 0 Å². The van der Waals surface area contributed by atoms with E-state index in [0.29, 0.717) is 15.3 Å². The number of nitrogens with zero attached hydrogens (tertiary/aromatic N) is 1. The van der Waals surface area contributed by atoms with Gasteiger partial charge >= 0.3 is 0 Å². The Hall–Kier alpha value is -0.720. The van der Waals surface area contributed by atoms with Crippen LogP contribution in [0.25, 0.3) is 0 Å². The molecule has 0 aliphatic carbocycles. The van der Waals surface area contributed by atoms with Crippen molar-refractivity contribution in [2.24, 2.45) is 0 Å². The number of halogens is 2. The van der Waals surface area contributed by atoms with Crippen LogP contribution in [0.2, 0.25) is 0 Å². The lowest BCUT2D eigenvalue weighted by atomic mass is 10.1. The summed E-state index contributed by atoms with van der Waals surface area (Å²) in [6.07, 6.45) is 5.04. The second-order valence-electron chi connectivity index (χ2n) is 5.26. The van der Waals surface area contributed by atoms with Gasteiger partial charge in [-0.1, -0.05) is 22.4 Å². The SMILES string of the molecule is Fc1cc(Br)ccc1NC(=S)NCCCN1CCCCC1. The van der Waals surface area contributed by atoms with Crippen molar-refractivity contribution in [1.82, 2.24) is 10.2 Å². The first-order chi connectivity index (χ1) is 10.1. The van der Waals surface area contributed by atoms with Gasteiger partial charge in [0.05, 0.1) is 5.69 Å². The Morgan fingerprint density at radius 2 is 2.05 bits per heavy atom. The molecular formula is C15H21BrFN3S. The summed E-state index contributed by atoms with van der Waals surface area (Å²) in [7, 11) is 0. The summed E-state index contributed by atoms with van der Waals surface area (Å²) >= 11 is 8.41. The molecule has 0 saturated carbocycles. The molecular weight excluding hydrogens is 353 g/mol. The number of hydrogen-bond donors (Lipinski definition) is 2. The highest BCUT2D eigenvalue weighted by atomic mass is 79.9. The molecule has 0 unspecified atom stereocenters. The van der Waals surface area contributed by atoms with Crippen molar-refractivity contribution in [3.05, 3.63) is 28.5 Å². The fourth-order valence-electron chi connectivity index (χ4n) is 2.44. The lowest BCUT2D eigenvalue weighted by Crippen LogP contribution is -2.34. The molecule has 0 amide bonds. The number of hydrogen-bond acceptors (Lipinski definition) is 2. The maximum atomic E-state index is 13.7. The molecule has 1 aliphatic rings. The highest BCUT2D eigenvalue weighted by molar-refractivity contribution is 9.10. The Kier molecular flexibility index (Phi) is 6.86. The molecule has 0 spiro atoms. The fourth-order valence-corrected chi connectivity index (χ4v) is 2.99. The van der Waals surface area contributed by atoms with E-state index in [1.165, 1.54) is 38.4 Å². The van der Waals surface area contributed by atoms with E-state index >= 15 is 0 Å². The van der Waals surface area contributed by atoms with Gasteiger partial charge in [0.1, 0.15) is 5.82 Å². The van der Waals surface area contributed by atoms with Crippen molar-refractivity contribution in [2.75, 3.05) is 31.5 Å². The van der Waals surface area contributed by atoms with Crippen LogP contribution in [0, 0.1) is 5.82 Å². The largest absolute Gasteiger partial charge is 0.362 e. The summed E-state index contributed by atoms with van der Waals surface area (Å²) in [5, 5.41) is 6.48. The number of nitrogens with one attached hydrogen (secondary N) is 2. The quantitative estimate of drug-likeness (QED) is 0.607. The zero-order chi connectivity index (χ0) is 15.1. The van der Waals surface area contributed by atoms with Gasteiger partial charge in [0.15, 0.2) is 5.11 Å². The molecule has 0 radical (unpaired) electrons. The van der Waals surface area contributed by atoms with Crippen molar-refractivity contribution < 1.29 is 4.39 Å². The number of anilines is 1. The molecule has 0 aromatic heterocycles. The maximum absolute atomic E-state index is 13.7. The zero-order valence-corrected chi connectivity index (χ0v) is 14.4. The number of piperidine rings is 1. The minimum absolute atomic E-state index is 0.318. The van der Waals surface area contributed by atoms with E-state index in [-0.39, 0.29) is 5.82 Å². The van der Waals surface area contributed by atoms with Gasteiger partial charge in [-0.3, -0.25) is 0 Å². The normalized spacial score (nSPS) is 15.7. The first-order valence-corrected chi connectivity index (χ1v) is 8.57. The molecule has 1 fully saturated rings. The maximum Gasteiger partial charge on any atom is 0.170 e. The Morgan fingerprint density at radius 3 is 2.76 bits per heavy atom. The van der Waals surface area contributed by atoms with Gasteiger partial charge in [-0.05, 0) is 69.3 Å². The van der Waals surface area contributed by atoms with Crippen molar-refractivity contribution in [3.8, 4) is 0 Å². The van der Waals surface area contributed by atoms with Crippen LogP contribution in [0.15, 0.2) is 22.7 Å². The van der Waals surface area contributed by atoms with E-state index in [1.807, 2.05) is 0 Å². The van der Waals surface area contributed by atoms with Crippen LogP contribution in [-0.4, -0.2) is 36.2 Å². The predicted molar refractivity (Wildman–Crippen MR) is 93.2 cm³/mol. The third-order valence-corrected chi connectivity index (χ3v) is 4.30. The minimum atomic E-state index is -0.318. The van der Waals surface area contributed by atoms with E-state index < -0.39 is 0 Å². The van der Waals surface area contributed by atoms with Gasteiger partial charge in [-0.2, -0.15) is 0 Å². The Morgan fingerprint density at radius 1 is 1.29 bits per heavy atom. The highest BCUT2D eigenvalue weighted by Gasteiger charge is 2.09. The van der Waals surface area contributed by atoms with Crippen LogP contribution in [-0.2, 0) is 0 Å². The summed E-state index contributed by atoms with van der Waals surface area (Å²) in [6.45, 7) is 4.34. The van der Waals surface area contributed by atoms with Gasteiger partial charge in [-0.25, -0.2) is 4.39 Å². The molecule has 1 saturated heterocycles. The lowest BCUT2D eigenvalue weighted by Gasteiger charge is -2.26. The van der Waals surface area contributed by atoms with Crippen LogP contribution in [0.3, 0.4) is 0 Å². The second kappa shape index (κ2) is 8.66. The lowest BCUT2D eigenvalue weighted by molar-refractivity contribution is 0.227. The topological polar surface area (TPSA) is 27.3 Å². The van der Waals surface area contributed by atoms with Crippen molar-refractivity contribution >= 4 is 38.9 Å². The predicted octanol–water partition coefficient (Wildman–Crippen LogP) is 3.75. The van der Waals surface area contributed by atoms with Crippen molar-refractivity contribution in [2.45, 2.75) is 25.7 Å². The molecule has 6 heteroatoms. The zero-order valence-electron chi connectivity index (χ0n) is 12.0. The minimum Gasteiger partial charge on any atom is -0.362 e. The van der Waals surface area contributed by atoms with Gasteiger partial charge in [0, 0.05) is 11.0 Å². The molecule has 1 aromatic carbocycles. The smallest absolute Gasteiger partial charge is 0.170 e. The number of rotatable bonds is 5. The highest BCUT2D eigenvalue weighted by Crippen LogP contribution is 2.19. The summed E-state index contributed by atoms with van der Waals surface area (Å²) in [5.74, 6) is -0.318. The summed E-state index contributed by atoms with van der Waals surface area (Å²) in [4.78, 5) is 2.50. The average molecular weight is 374 g/mol. The standard InChI is InChI=1S/C15H21BrFN3S/c16-12-5-6-14(13(17)11-12)19-15(21)18-7-4-10-20-8-2-1-3-9-20/h5-6,11H,1-4,7-10H2,(H2,18,19,21). The van der Waals surface area contributed by atoms with Crippen LogP contribution in [0.5, 0.6) is 0 Å². The molecule has 3 nitrogen and oxygen atoms in total. The van der Waals surface area contributed by atoms with E-state index in [9.17, 15) is 4.39 Å². The Balaban J connectivity index is 1.65. The van der Waals surface area contributed by atoms with E-state index in [2.05, 4.69) is 31.5 Å². The third-order valence-electron chi connectivity index (χ3n) is 3.56. The monoisotopic (exact) mass is 373 g/mol. The Labute approximate surface area is 139 Å². The van der Waals surface area contributed by atoms with Gasteiger partial charge in [-0.15, -0.1) is 0 Å².